The van der Waals surface area contributed by atoms with Crippen LogP contribution in [0.25, 0.3) is 103 Å². The van der Waals surface area contributed by atoms with Gasteiger partial charge in [0.05, 0.1) is 57.6 Å². The number of aromatic nitrogens is 3. The maximum absolute atomic E-state index is 8.37. The topological polar surface area (TPSA) is 23.5 Å². The van der Waals surface area contributed by atoms with Crippen LogP contribution in [0.1, 0.15) is 0 Å². The molecule has 55 heavy (non-hydrogen) atoms. The van der Waals surface area contributed by atoms with Crippen LogP contribution in [0.4, 0.5) is 11.4 Å². The molecule has 0 unspecified atom stereocenters. The van der Waals surface area contributed by atoms with E-state index in [-0.39, 0.29) is 0 Å². The molecule has 0 radical (unpaired) electrons. The van der Waals surface area contributed by atoms with Crippen molar-refractivity contribution in [1.29, 1.82) is 0 Å². The van der Waals surface area contributed by atoms with E-state index in [1.165, 1.54) is 10.8 Å². The minimum absolute atomic E-state index is 0.582. The van der Waals surface area contributed by atoms with Gasteiger partial charge < -0.3 is 13.7 Å². The second-order valence-electron chi connectivity index (χ2n) is 13.9. The number of hydrogen-bond acceptors (Lipinski definition) is 0. The molecule has 0 spiro atoms. The Morgan fingerprint density at radius 3 is 1.44 bits per heavy atom. The Balaban J connectivity index is 1.21. The molecule has 0 saturated carbocycles. The van der Waals surface area contributed by atoms with Crippen molar-refractivity contribution < 1.29 is 0 Å². The summed E-state index contributed by atoms with van der Waals surface area (Å²) < 4.78 is 6.92. The minimum atomic E-state index is 0.582. The Bertz CT molecular complexity index is 3360. The molecule has 0 aliphatic heterocycles. The van der Waals surface area contributed by atoms with Crippen LogP contribution in [-0.2, 0) is 0 Å². The Hall–Kier alpha value is -7.86. The van der Waals surface area contributed by atoms with E-state index < -0.39 is 0 Å². The molecule has 3 aromatic heterocycles. The van der Waals surface area contributed by atoms with Crippen molar-refractivity contribution in [3.8, 4) is 28.2 Å². The lowest BCUT2D eigenvalue weighted by atomic mass is 9.99. The molecular weight excluding hydrogens is 671 g/mol. The lowest BCUT2D eigenvalue weighted by molar-refractivity contribution is 1.16. The summed E-state index contributed by atoms with van der Waals surface area (Å²) in [5.74, 6) is 0. The molecular formula is C50H29N5. The van der Waals surface area contributed by atoms with Gasteiger partial charge in [0, 0.05) is 38.2 Å². The van der Waals surface area contributed by atoms with Crippen LogP contribution in [0.5, 0.6) is 0 Å². The number of hydrogen-bond donors (Lipinski definition) is 0. The van der Waals surface area contributed by atoms with Gasteiger partial charge in [0.15, 0.2) is 5.69 Å². The molecule has 0 amide bonds. The molecule has 254 valence electrons. The van der Waals surface area contributed by atoms with Crippen LogP contribution in [0.2, 0.25) is 0 Å². The minimum Gasteiger partial charge on any atom is -0.318 e. The maximum atomic E-state index is 8.37. The average molecular weight is 700 g/mol. The van der Waals surface area contributed by atoms with E-state index in [0.29, 0.717) is 11.4 Å². The predicted molar refractivity (Wildman–Crippen MR) is 227 cm³/mol. The summed E-state index contributed by atoms with van der Waals surface area (Å²) in [6.45, 7) is 16.3. The van der Waals surface area contributed by atoms with Crippen LogP contribution in [-0.4, -0.2) is 13.7 Å². The molecule has 0 fully saturated rings. The molecule has 11 rings (SSSR count). The van der Waals surface area contributed by atoms with Gasteiger partial charge in [-0.2, -0.15) is 0 Å². The Labute approximate surface area is 316 Å². The monoisotopic (exact) mass is 699 g/mol. The first-order valence-electron chi connectivity index (χ1n) is 18.3. The third kappa shape index (κ3) is 4.39. The first-order chi connectivity index (χ1) is 27.2. The standard InChI is InChI=1S/C50H29N5/c1-51-32-26-28-48-40(30-32)41-31-33(53-43-21-8-3-14-34(43)35-15-4-9-22-44(35)53)27-29-49(41)54(48)45-23-10-7-18-38(45)39-19-13-20-42(52-2)50(39)55-46-24-11-5-16-36(46)37-17-6-12-25-47(37)55/h3-31H. The van der Waals surface area contributed by atoms with Gasteiger partial charge in [0.2, 0.25) is 5.69 Å². The van der Waals surface area contributed by atoms with Gasteiger partial charge in [-0.25, -0.2) is 9.69 Å². The zero-order chi connectivity index (χ0) is 36.6. The molecule has 5 nitrogen and oxygen atoms in total. The fourth-order valence-corrected chi connectivity index (χ4v) is 8.80. The van der Waals surface area contributed by atoms with Gasteiger partial charge in [0.1, 0.15) is 0 Å². The molecule has 3 heterocycles. The summed E-state index contributed by atoms with van der Waals surface area (Å²) in [5.41, 5.74) is 12.5. The summed E-state index contributed by atoms with van der Waals surface area (Å²) >= 11 is 0. The lowest BCUT2D eigenvalue weighted by Gasteiger charge is -2.19. The SMILES string of the molecule is [C-]#[N+]c1ccc2c(c1)c1cc(-n3c4ccccc4c4ccccc43)ccc1n2-c1ccccc1-c1cccc([N+]#[C-])c1-n1c2ccccc2c2ccccc21. The molecule has 5 heteroatoms. The fourth-order valence-electron chi connectivity index (χ4n) is 8.80. The Kier molecular flexibility index (Phi) is 6.61. The first-order valence-corrected chi connectivity index (χ1v) is 18.3. The van der Waals surface area contributed by atoms with Crippen molar-refractivity contribution in [3.05, 3.63) is 199 Å². The van der Waals surface area contributed by atoms with Crippen molar-refractivity contribution in [2.45, 2.75) is 0 Å². The number of nitrogens with zero attached hydrogens (tertiary/aromatic N) is 5. The zero-order valence-electron chi connectivity index (χ0n) is 29.5. The second-order valence-corrected chi connectivity index (χ2v) is 13.9. The second kappa shape index (κ2) is 11.8. The Morgan fingerprint density at radius 2 is 0.836 bits per heavy atom. The highest BCUT2D eigenvalue weighted by Gasteiger charge is 2.23. The van der Waals surface area contributed by atoms with E-state index in [0.717, 1.165) is 82.8 Å². The normalized spacial score (nSPS) is 11.6. The van der Waals surface area contributed by atoms with Gasteiger partial charge in [-0.1, -0.05) is 115 Å². The lowest BCUT2D eigenvalue weighted by Crippen LogP contribution is -2.01. The van der Waals surface area contributed by atoms with Crippen molar-refractivity contribution in [3.63, 3.8) is 0 Å². The van der Waals surface area contributed by atoms with Crippen LogP contribution in [0, 0.1) is 13.1 Å². The van der Waals surface area contributed by atoms with E-state index in [9.17, 15) is 0 Å². The van der Waals surface area contributed by atoms with Gasteiger partial charge in [-0.3, -0.25) is 0 Å². The molecule has 11 aromatic rings. The molecule has 8 aromatic carbocycles. The van der Waals surface area contributed by atoms with Crippen LogP contribution in [0.15, 0.2) is 176 Å². The van der Waals surface area contributed by atoms with Crippen LogP contribution in [0.3, 0.4) is 0 Å². The third-order valence-corrected chi connectivity index (χ3v) is 11.1. The van der Waals surface area contributed by atoms with E-state index in [1.807, 2.05) is 24.3 Å². The predicted octanol–water partition coefficient (Wildman–Crippen LogP) is 13.7. The van der Waals surface area contributed by atoms with Gasteiger partial charge in [-0.15, -0.1) is 0 Å². The first kappa shape index (κ1) is 30.7. The van der Waals surface area contributed by atoms with Crippen LogP contribution < -0.4 is 0 Å². The van der Waals surface area contributed by atoms with Crippen molar-refractivity contribution in [2.75, 3.05) is 0 Å². The summed E-state index contributed by atoms with van der Waals surface area (Å²) in [5, 5.41) is 6.80. The Morgan fingerprint density at radius 1 is 0.345 bits per heavy atom. The number of fused-ring (bicyclic) bond motifs is 9. The van der Waals surface area contributed by atoms with E-state index in [1.54, 1.807) is 0 Å². The summed E-state index contributed by atoms with van der Waals surface area (Å²) in [4.78, 5) is 7.95. The highest BCUT2D eigenvalue weighted by molar-refractivity contribution is 6.14. The summed E-state index contributed by atoms with van der Waals surface area (Å²) in [6, 6.07) is 61.2. The van der Waals surface area contributed by atoms with Gasteiger partial charge in [0.25, 0.3) is 0 Å². The van der Waals surface area contributed by atoms with E-state index >= 15 is 0 Å². The van der Waals surface area contributed by atoms with E-state index in [2.05, 4.69) is 175 Å². The van der Waals surface area contributed by atoms with Gasteiger partial charge in [-0.05, 0) is 71.6 Å². The largest absolute Gasteiger partial charge is 0.318 e. The highest BCUT2D eigenvalue weighted by Crippen LogP contribution is 2.44. The van der Waals surface area contributed by atoms with E-state index in [4.69, 9.17) is 13.1 Å². The molecule has 0 aliphatic carbocycles. The molecule has 0 aliphatic rings. The van der Waals surface area contributed by atoms with Gasteiger partial charge >= 0.3 is 0 Å². The smallest absolute Gasteiger partial charge is 0.211 e. The molecule has 0 N–H and O–H groups in total. The average Bonchev–Trinajstić information content (AvgIpc) is 3.88. The van der Waals surface area contributed by atoms with Crippen LogP contribution >= 0.6 is 0 Å². The highest BCUT2D eigenvalue weighted by atomic mass is 15.0. The quantitative estimate of drug-likeness (QED) is 0.163. The van der Waals surface area contributed by atoms with Crippen molar-refractivity contribution in [1.82, 2.24) is 13.7 Å². The summed E-state index contributed by atoms with van der Waals surface area (Å²) in [6.07, 6.45) is 0. The zero-order valence-corrected chi connectivity index (χ0v) is 29.5. The molecule has 0 atom stereocenters. The van der Waals surface area contributed by atoms with Crippen molar-refractivity contribution in [2.24, 2.45) is 0 Å². The maximum Gasteiger partial charge on any atom is 0.211 e. The molecule has 0 saturated heterocycles. The summed E-state index contributed by atoms with van der Waals surface area (Å²) in [7, 11) is 0. The number of benzene rings is 8. The third-order valence-electron chi connectivity index (χ3n) is 11.1. The number of para-hydroxylation sites is 6. The number of rotatable bonds is 4. The molecule has 0 bridgehead atoms. The fraction of sp³-hybridized carbons (Fsp3) is 0. The van der Waals surface area contributed by atoms with Crippen molar-refractivity contribution >= 4 is 76.8 Å².